The van der Waals surface area contributed by atoms with Crippen molar-refractivity contribution in [2.24, 2.45) is 0 Å². The summed E-state index contributed by atoms with van der Waals surface area (Å²) in [6.07, 6.45) is 5.72. The van der Waals surface area contributed by atoms with Crippen molar-refractivity contribution in [1.82, 2.24) is 35.7 Å². The number of fused-ring (bicyclic) bond motifs is 1. The van der Waals surface area contributed by atoms with E-state index in [4.69, 9.17) is 0 Å². The Bertz CT molecular complexity index is 953. The lowest BCUT2D eigenvalue weighted by atomic mass is 10.1. The van der Waals surface area contributed by atoms with Gasteiger partial charge in [0.15, 0.2) is 0 Å². The summed E-state index contributed by atoms with van der Waals surface area (Å²) in [5.74, 6) is -0.0365. The van der Waals surface area contributed by atoms with E-state index in [0.717, 1.165) is 23.3 Å². The molecular weight excluding hydrogens is 342 g/mol. The predicted molar refractivity (Wildman–Crippen MR) is 102 cm³/mol. The number of rotatable bonds is 5. The molecule has 4 rings (SSSR count). The maximum Gasteiger partial charge on any atom is 0.238 e. The van der Waals surface area contributed by atoms with Crippen molar-refractivity contribution in [2.45, 2.75) is 45.4 Å². The average Bonchev–Trinajstić information content (AvgIpc) is 3.29. The zero-order chi connectivity index (χ0) is 18.8. The second kappa shape index (κ2) is 7.42. The quantitative estimate of drug-likeness (QED) is 0.624. The molecule has 0 bridgehead atoms. The summed E-state index contributed by atoms with van der Waals surface area (Å²) < 4.78 is 2.14. The predicted octanol–water partition coefficient (Wildman–Crippen LogP) is 0.995. The third-order valence-electron chi connectivity index (χ3n) is 5.04. The van der Waals surface area contributed by atoms with Gasteiger partial charge in [-0.2, -0.15) is 0 Å². The van der Waals surface area contributed by atoms with E-state index in [2.05, 4.69) is 61.7 Å². The Hall–Kier alpha value is -2.84. The van der Waals surface area contributed by atoms with Crippen LogP contribution in [-0.2, 0) is 17.9 Å². The monoisotopic (exact) mass is 365 g/mol. The summed E-state index contributed by atoms with van der Waals surface area (Å²) in [4.78, 5) is 24.9. The van der Waals surface area contributed by atoms with Crippen LogP contribution in [0.1, 0.15) is 23.2 Å². The van der Waals surface area contributed by atoms with E-state index in [1.807, 2.05) is 6.33 Å². The first-order valence-electron chi connectivity index (χ1n) is 9.06. The summed E-state index contributed by atoms with van der Waals surface area (Å²) in [6.45, 7) is 5.36. The number of aryl methyl sites for hydroxylation is 2. The summed E-state index contributed by atoms with van der Waals surface area (Å²) in [6, 6.07) is 5.96. The number of amides is 1. The van der Waals surface area contributed by atoms with Crippen LogP contribution in [0, 0.1) is 13.8 Å². The highest BCUT2D eigenvalue weighted by atomic mass is 16.2. The molecule has 2 unspecified atom stereocenters. The van der Waals surface area contributed by atoms with Gasteiger partial charge in [0.1, 0.15) is 12.4 Å². The Balaban J connectivity index is 1.36. The highest BCUT2D eigenvalue weighted by Gasteiger charge is 2.29. The molecule has 0 aliphatic carbocycles. The van der Waals surface area contributed by atoms with E-state index in [1.165, 1.54) is 17.5 Å². The smallest absolute Gasteiger partial charge is 0.238 e. The number of imidazole rings is 1. The second-order valence-corrected chi connectivity index (χ2v) is 7.01. The Morgan fingerprint density at radius 2 is 2.11 bits per heavy atom. The largest absolute Gasteiger partial charge is 0.349 e. The maximum absolute atomic E-state index is 12.4. The standard InChI is InChI=1S/C19H23N7O/c1-12-5-16-18(6-13(12)2)26(11-23-16)9-15-7-17(25-24-15)19(27)21-8-14-3-4-20-10-22-14/h3-6,10-11,15,17,24-25H,7-9H2,1-2H3,(H,21,27). The highest BCUT2D eigenvalue weighted by Crippen LogP contribution is 2.19. The SMILES string of the molecule is Cc1cc2ncn(CC3CC(C(=O)NCc4ccncn4)NN3)c2cc1C. The first-order chi connectivity index (χ1) is 13.1. The fourth-order valence-corrected chi connectivity index (χ4v) is 3.33. The summed E-state index contributed by atoms with van der Waals surface area (Å²) in [7, 11) is 0. The van der Waals surface area contributed by atoms with E-state index in [1.54, 1.807) is 12.3 Å². The molecule has 8 heteroatoms. The number of nitrogens with zero attached hydrogens (tertiary/aromatic N) is 4. The van der Waals surface area contributed by atoms with Crippen molar-refractivity contribution >= 4 is 16.9 Å². The molecule has 2 atom stereocenters. The van der Waals surface area contributed by atoms with Gasteiger partial charge in [-0.15, -0.1) is 0 Å². The van der Waals surface area contributed by atoms with Crippen molar-refractivity contribution < 1.29 is 4.79 Å². The molecular formula is C19H23N7O. The molecule has 8 nitrogen and oxygen atoms in total. The van der Waals surface area contributed by atoms with Crippen molar-refractivity contribution in [3.8, 4) is 0 Å². The number of hydrogen-bond acceptors (Lipinski definition) is 6. The Kier molecular flexibility index (Phi) is 4.83. The van der Waals surface area contributed by atoms with Crippen molar-refractivity contribution in [3.05, 3.63) is 53.9 Å². The molecule has 0 radical (unpaired) electrons. The van der Waals surface area contributed by atoms with Crippen molar-refractivity contribution in [1.29, 1.82) is 0 Å². The summed E-state index contributed by atoms with van der Waals surface area (Å²) >= 11 is 0. The molecule has 1 fully saturated rings. The van der Waals surface area contributed by atoms with Gasteiger partial charge >= 0.3 is 0 Å². The number of nitrogens with one attached hydrogen (secondary N) is 3. The van der Waals surface area contributed by atoms with Gasteiger partial charge in [-0.25, -0.2) is 20.4 Å². The van der Waals surface area contributed by atoms with Crippen LogP contribution in [-0.4, -0.2) is 37.5 Å². The minimum absolute atomic E-state index is 0.0365. The lowest BCUT2D eigenvalue weighted by molar-refractivity contribution is -0.123. The average molecular weight is 365 g/mol. The first kappa shape index (κ1) is 17.6. The van der Waals surface area contributed by atoms with Crippen LogP contribution in [0.5, 0.6) is 0 Å². The van der Waals surface area contributed by atoms with Gasteiger partial charge in [-0.1, -0.05) is 0 Å². The van der Waals surface area contributed by atoms with Crippen LogP contribution in [0.4, 0.5) is 0 Å². The molecule has 3 N–H and O–H groups in total. The van der Waals surface area contributed by atoms with Gasteiger partial charge in [0, 0.05) is 18.8 Å². The molecule has 1 aliphatic rings. The van der Waals surface area contributed by atoms with Gasteiger partial charge < -0.3 is 9.88 Å². The minimum atomic E-state index is -0.268. The fraction of sp³-hybridized carbons (Fsp3) is 0.368. The van der Waals surface area contributed by atoms with Crippen LogP contribution in [0.25, 0.3) is 11.0 Å². The van der Waals surface area contributed by atoms with Gasteiger partial charge in [-0.05, 0) is 49.6 Å². The highest BCUT2D eigenvalue weighted by molar-refractivity contribution is 5.82. The number of hydrazine groups is 1. The molecule has 0 spiro atoms. The number of carbonyl (C=O) groups excluding carboxylic acids is 1. The van der Waals surface area contributed by atoms with Crippen molar-refractivity contribution in [3.63, 3.8) is 0 Å². The molecule has 1 aromatic carbocycles. The third-order valence-corrected chi connectivity index (χ3v) is 5.04. The summed E-state index contributed by atoms with van der Waals surface area (Å²) in [5.41, 5.74) is 11.7. The van der Waals surface area contributed by atoms with E-state index in [0.29, 0.717) is 13.0 Å². The zero-order valence-electron chi connectivity index (χ0n) is 15.4. The third kappa shape index (κ3) is 3.81. The van der Waals surface area contributed by atoms with Crippen LogP contribution in [0.3, 0.4) is 0 Å². The van der Waals surface area contributed by atoms with Gasteiger partial charge in [0.2, 0.25) is 5.91 Å². The van der Waals surface area contributed by atoms with E-state index in [-0.39, 0.29) is 18.0 Å². The molecule has 27 heavy (non-hydrogen) atoms. The number of benzene rings is 1. The lowest BCUT2D eigenvalue weighted by Gasteiger charge is -2.12. The molecule has 3 aromatic rings. The minimum Gasteiger partial charge on any atom is -0.349 e. The zero-order valence-corrected chi connectivity index (χ0v) is 15.4. The molecule has 3 heterocycles. The number of aromatic nitrogens is 4. The fourth-order valence-electron chi connectivity index (χ4n) is 3.33. The van der Waals surface area contributed by atoms with Gasteiger partial charge in [0.05, 0.1) is 29.6 Å². The van der Waals surface area contributed by atoms with Crippen molar-refractivity contribution in [2.75, 3.05) is 0 Å². The number of carbonyl (C=O) groups is 1. The second-order valence-electron chi connectivity index (χ2n) is 7.01. The normalized spacial score (nSPS) is 19.5. The number of hydrogen-bond donors (Lipinski definition) is 3. The van der Waals surface area contributed by atoms with Crippen LogP contribution in [0.2, 0.25) is 0 Å². The Morgan fingerprint density at radius 1 is 1.26 bits per heavy atom. The molecule has 140 valence electrons. The van der Waals surface area contributed by atoms with Crippen LogP contribution >= 0.6 is 0 Å². The van der Waals surface area contributed by atoms with Gasteiger partial charge in [0.25, 0.3) is 0 Å². The van der Waals surface area contributed by atoms with E-state index in [9.17, 15) is 4.79 Å². The molecule has 1 aliphatic heterocycles. The van der Waals surface area contributed by atoms with Crippen LogP contribution in [0.15, 0.2) is 37.1 Å². The van der Waals surface area contributed by atoms with Gasteiger partial charge in [-0.3, -0.25) is 10.2 Å². The first-order valence-corrected chi connectivity index (χ1v) is 9.06. The lowest BCUT2D eigenvalue weighted by Crippen LogP contribution is -2.43. The maximum atomic E-state index is 12.4. The Morgan fingerprint density at radius 3 is 2.93 bits per heavy atom. The van der Waals surface area contributed by atoms with Crippen LogP contribution < -0.4 is 16.2 Å². The van der Waals surface area contributed by atoms with E-state index < -0.39 is 0 Å². The molecule has 1 saturated heterocycles. The molecule has 0 saturated carbocycles. The van der Waals surface area contributed by atoms with E-state index >= 15 is 0 Å². The molecule has 1 amide bonds. The Labute approximate surface area is 157 Å². The topological polar surface area (TPSA) is 96.8 Å². The molecule has 2 aromatic heterocycles. The summed E-state index contributed by atoms with van der Waals surface area (Å²) in [5, 5.41) is 2.91.